The van der Waals surface area contributed by atoms with Gasteiger partial charge in [0.15, 0.2) is 5.82 Å². The van der Waals surface area contributed by atoms with Crippen LogP contribution in [-0.2, 0) is 0 Å². The van der Waals surface area contributed by atoms with Crippen LogP contribution in [0.25, 0.3) is 32.9 Å². The van der Waals surface area contributed by atoms with Gasteiger partial charge in [-0.1, -0.05) is 36.4 Å². The van der Waals surface area contributed by atoms with Crippen molar-refractivity contribution >= 4 is 39.1 Å². The number of rotatable bonds is 4. The number of hydrogen-bond acceptors (Lipinski definition) is 7. The van der Waals surface area contributed by atoms with Gasteiger partial charge in [-0.3, -0.25) is 4.90 Å². The predicted octanol–water partition coefficient (Wildman–Crippen LogP) is 6.85. The van der Waals surface area contributed by atoms with Gasteiger partial charge in [-0.15, -0.1) is 6.42 Å². The van der Waals surface area contributed by atoms with Gasteiger partial charge in [0.25, 0.3) is 0 Å². The van der Waals surface area contributed by atoms with Gasteiger partial charge in [-0.05, 0) is 55.8 Å². The van der Waals surface area contributed by atoms with Crippen molar-refractivity contribution in [3.05, 3.63) is 46.5 Å². The van der Waals surface area contributed by atoms with E-state index in [0.717, 1.165) is 45.1 Å². The van der Waals surface area contributed by atoms with E-state index < -0.39 is 23.3 Å². The van der Waals surface area contributed by atoms with Crippen molar-refractivity contribution < 1.29 is 22.6 Å². The molecule has 45 heavy (non-hydrogen) atoms. The highest BCUT2D eigenvalue weighted by atomic mass is 35.5. The fraction of sp³-hybridized carbons (Fsp3) is 0.441. The lowest BCUT2D eigenvalue weighted by Gasteiger charge is -2.31. The number of ether oxygens (including phenoxy) is 2. The van der Waals surface area contributed by atoms with E-state index in [9.17, 15) is 8.78 Å². The first-order valence-corrected chi connectivity index (χ1v) is 15.9. The van der Waals surface area contributed by atoms with Gasteiger partial charge in [-0.25, -0.2) is 18.2 Å². The van der Waals surface area contributed by atoms with Crippen molar-refractivity contribution in [3.8, 4) is 35.5 Å². The van der Waals surface area contributed by atoms with E-state index in [4.69, 9.17) is 32.5 Å². The summed E-state index contributed by atoms with van der Waals surface area (Å²) >= 11 is 6.49. The molecule has 3 atom stereocenters. The molecule has 0 N–H and O–H groups in total. The number of halogens is 4. The highest BCUT2D eigenvalue weighted by Gasteiger charge is 2.49. The molecule has 0 radical (unpaired) electrons. The monoisotopic (exact) mass is 633 g/mol. The maximum atomic E-state index is 17.0. The lowest BCUT2D eigenvalue weighted by Crippen LogP contribution is -2.43. The molecule has 4 aliphatic rings. The van der Waals surface area contributed by atoms with Crippen LogP contribution in [0, 0.1) is 24.0 Å². The summed E-state index contributed by atoms with van der Waals surface area (Å²) in [5.74, 6) is 1.74. The van der Waals surface area contributed by atoms with Crippen LogP contribution in [0.3, 0.4) is 0 Å². The van der Waals surface area contributed by atoms with Crippen molar-refractivity contribution in [2.45, 2.75) is 62.7 Å². The molecule has 8 rings (SSSR count). The zero-order valence-electron chi connectivity index (χ0n) is 24.6. The fourth-order valence-electron chi connectivity index (χ4n) is 7.84. The Hall–Kier alpha value is -3.81. The third kappa shape index (κ3) is 4.66. The lowest BCUT2D eigenvalue weighted by molar-refractivity contribution is 0.107. The van der Waals surface area contributed by atoms with Crippen LogP contribution < -0.4 is 14.4 Å². The molecule has 6 heterocycles. The number of terminal acetylenes is 1. The van der Waals surface area contributed by atoms with Crippen LogP contribution in [0.1, 0.15) is 50.5 Å². The Kier molecular flexibility index (Phi) is 6.95. The van der Waals surface area contributed by atoms with E-state index >= 15 is 4.39 Å². The third-order valence-electron chi connectivity index (χ3n) is 9.94. The molecule has 2 aromatic carbocycles. The molecule has 0 spiro atoms. The fourth-order valence-corrected chi connectivity index (χ4v) is 8.07. The first-order valence-electron chi connectivity index (χ1n) is 15.6. The Bertz CT molecular complexity index is 1900. The first kappa shape index (κ1) is 28.6. The highest BCUT2D eigenvalue weighted by Crippen LogP contribution is 2.45. The third-order valence-corrected chi connectivity index (χ3v) is 10.2. The average Bonchev–Trinajstić information content (AvgIpc) is 3.38. The van der Waals surface area contributed by atoms with E-state index in [1.807, 2.05) is 0 Å². The van der Waals surface area contributed by atoms with Crippen molar-refractivity contribution in [1.82, 2.24) is 19.9 Å². The minimum absolute atomic E-state index is 0.000606. The van der Waals surface area contributed by atoms with Crippen molar-refractivity contribution in [1.29, 1.82) is 0 Å². The number of alkyl halides is 1. The number of aromatic nitrogens is 3. The Balaban J connectivity index is 1.33. The summed E-state index contributed by atoms with van der Waals surface area (Å²) in [7, 11) is 0. The molecule has 0 bridgehead atoms. The standard InChI is InChI=1S/C34H31ClF3N5O2/c1-2-23-25(37)9-8-19-13-20(35)14-24(26(19)23)29-28(38)30-27-31(43-12-5-3-4-7-22(43)17-44-32(27)39-29)41-33(40-30)45-18-34-10-6-11-42(34)16-21(36)15-34/h1,8-9,13-14,21-22H,3-7,10-12,15-18H2/t21-,22+,34+/m1/s1. The Labute approximate surface area is 263 Å². The van der Waals surface area contributed by atoms with E-state index in [1.54, 1.807) is 12.1 Å². The first-order chi connectivity index (χ1) is 21.8. The van der Waals surface area contributed by atoms with Crippen LogP contribution in [0.4, 0.5) is 19.0 Å². The van der Waals surface area contributed by atoms with Crippen LogP contribution in [0.2, 0.25) is 5.02 Å². The van der Waals surface area contributed by atoms with E-state index in [0.29, 0.717) is 53.1 Å². The molecule has 0 saturated carbocycles. The maximum Gasteiger partial charge on any atom is 0.319 e. The minimum atomic E-state index is -0.912. The van der Waals surface area contributed by atoms with E-state index in [2.05, 4.69) is 25.7 Å². The van der Waals surface area contributed by atoms with Gasteiger partial charge in [0.2, 0.25) is 5.88 Å². The molecule has 0 amide bonds. The van der Waals surface area contributed by atoms with E-state index in [1.165, 1.54) is 12.1 Å². The molecular weight excluding hydrogens is 603 g/mol. The summed E-state index contributed by atoms with van der Waals surface area (Å²) in [6.07, 6.45) is 10.9. The quantitative estimate of drug-likeness (QED) is 0.228. The molecular formula is C34H31ClF3N5O2. The van der Waals surface area contributed by atoms with Gasteiger partial charge in [0.1, 0.15) is 47.6 Å². The number of pyridine rings is 1. The van der Waals surface area contributed by atoms with Crippen LogP contribution in [0.15, 0.2) is 24.3 Å². The van der Waals surface area contributed by atoms with Crippen molar-refractivity contribution in [2.24, 2.45) is 0 Å². The second-order valence-corrected chi connectivity index (χ2v) is 13.1. The van der Waals surface area contributed by atoms with Crippen LogP contribution >= 0.6 is 11.6 Å². The Morgan fingerprint density at radius 3 is 2.84 bits per heavy atom. The molecule has 7 nitrogen and oxygen atoms in total. The summed E-state index contributed by atoms with van der Waals surface area (Å²) in [5.41, 5.74) is -0.358. The van der Waals surface area contributed by atoms with Gasteiger partial charge in [-0.2, -0.15) is 9.97 Å². The zero-order chi connectivity index (χ0) is 30.9. The topological polar surface area (TPSA) is 63.6 Å². The predicted molar refractivity (Wildman–Crippen MR) is 167 cm³/mol. The molecule has 2 aromatic heterocycles. The normalized spacial score (nSPS) is 24.6. The summed E-state index contributed by atoms with van der Waals surface area (Å²) in [6.45, 7) is 2.46. The molecule has 3 saturated heterocycles. The van der Waals surface area contributed by atoms with Crippen molar-refractivity contribution in [3.63, 3.8) is 0 Å². The summed E-state index contributed by atoms with van der Waals surface area (Å²) in [4.78, 5) is 18.5. The second kappa shape index (κ2) is 10.9. The molecule has 0 unspecified atom stereocenters. The van der Waals surface area contributed by atoms with E-state index in [-0.39, 0.29) is 46.9 Å². The SMILES string of the molecule is C#Cc1c(F)ccc2cc(Cl)cc(-c3nc4c5c(nc(OC[C@@]67CCCN6C[C@H](F)C7)nc5c3F)N3CCCCC[C@H]3CO4)c12. The number of hydrogen-bond donors (Lipinski definition) is 0. The molecule has 4 aliphatic heterocycles. The van der Waals surface area contributed by atoms with Gasteiger partial charge >= 0.3 is 6.01 Å². The van der Waals surface area contributed by atoms with Gasteiger partial charge in [0, 0.05) is 35.5 Å². The summed E-state index contributed by atoms with van der Waals surface area (Å²) in [5, 5.41) is 1.52. The molecule has 0 aliphatic carbocycles. The van der Waals surface area contributed by atoms with Gasteiger partial charge < -0.3 is 14.4 Å². The molecule has 4 aromatic rings. The number of benzene rings is 2. The smallest absolute Gasteiger partial charge is 0.319 e. The Morgan fingerprint density at radius 2 is 1.98 bits per heavy atom. The number of nitrogens with zero attached hydrogens (tertiary/aromatic N) is 5. The average molecular weight is 634 g/mol. The number of fused-ring (bicyclic) bond motifs is 4. The zero-order valence-corrected chi connectivity index (χ0v) is 25.3. The molecule has 232 valence electrons. The van der Waals surface area contributed by atoms with Gasteiger partial charge in [0.05, 0.1) is 17.1 Å². The van der Waals surface area contributed by atoms with Crippen LogP contribution in [-0.4, -0.2) is 70.5 Å². The molecule has 3 fully saturated rings. The Morgan fingerprint density at radius 1 is 1.09 bits per heavy atom. The summed E-state index contributed by atoms with van der Waals surface area (Å²) in [6, 6.07) is 6.00. The second-order valence-electron chi connectivity index (χ2n) is 12.6. The van der Waals surface area contributed by atoms with Crippen molar-refractivity contribution in [2.75, 3.05) is 37.7 Å². The lowest BCUT2D eigenvalue weighted by atomic mass is 9.95. The largest absolute Gasteiger partial charge is 0.475 e. The highest BCUT2D eigenvalue weighted by molar-refractivity contribution is 6.32. The number of anilines is 1. The minimum Gasteiger partial charge on any atom is -0.475 e. The molecule has 11 heteroatoms. The van der Waals surface area contributed by atoms with Crippen LogP contribution in [0.5, 0.6) is 11.9 Å². The summed E-state index contributed by atoms with van der Waals surface area (Å²) < 4.78 is 59.0. The maximum absolute atomic E-state index is 17.0.